The molecule has 0 saturated heterocycles. The number of carbonyl (C=O) groups is 2. The minimum Gasteiger partial charge on any atom is -0.457 e. The minimum absolute atomic E-state index is 0.0389. The topological polar surface area (TPSA) is 83.9 Å². The van der Waals surface area contributed by atoms with Crippen LogP contribution in [0.25, 0.3) is 0 Å². The van der Waals surface area contributed by atoms with Crippen LogP contribution < -0.4 is 15.1 Å². The fourth-order valence-electron chi connectivity index (χ4n) is 3.13. The molecule has 1 aromatic heterocycles. The van der Waals surface area contributed by atoms with Gasteiger partial charge in [-0.3, -0.25) is 19.6 Å². The number of aromatic nitrogens is 1. The predicted molar refractivity (Wildman–Crippen MR) is 115 cm³/mol. The summed E-state index contributed by atoms with van der Waals surface area (Å²) in [6.45, 7) is 1.51. The largest absolute Gasteiger partial charge is 0.457 e. The van der Waals surface area contributed by atoms with Crippen LogP contribution in [0.3, 0.4) is 0 Å². The van der Waals surface area contributed by atoms with E-state index in [2.05, 4.69) is 15.4 Å². The number of hydrogen-bond donors (Lipinski definition) is 1. The van der Waals surface area contributed by atoms with Gasteiger partial charge in [-0.05, 0) is 55.5 Å². The maximum absolute atomic E-state index is 12.7. The van der Waals surface area contributed by atoms with Crippen molar-refractivity contribution in [1.29, 1.82) is 0 Å². The van der Waals surface area contributed by atoms with Crippen LogP contribution in [0, 0.1) is 0 Å². The molecule has 1 aliphatic rings. The summed E-state index contributed by atoms with van der Waals surface area (Å²) < 4.78 is 5.72. The fraction of sp³-hybridized carbons (Fsp3) is 0.130. The zero-order chi connectivity index (χ0) is 20.9. The molecule has 1 unspecified atom stereocenters. The number of nitrogens with zero attached hydrogens (tertiary/aromatic N) is 3. The molecule has 1 atom stereocenters. The van der Waals surface area contributed by atoms with Crippen molar-refractivity contribution in [2.75, 3.05) is 10.3 Å². The Morgan fingerprint density at radius 1 is 0.967 bits per heavy atom. The highest BCUT2D eigenvalue weighted by Crippen LogP contribution is 2.26. The van der Waals surface area contributed by atoms with Crippen molar-refractivity contribution < 1.29 is 14.3 Å². The predicted octanol–water partition coefficient (Wildman–Crippen LogP) is 4.04. The van der Waals surface area contributed by atoms with Gasteiger partial charge in [0.2, 0.25) is 0 Å². The highest BCUT2D eigenvalue weighted by Gasteiger charge is 2.34. The monoisotopic (exact) mass is 400 g/mol. The van der Waals surface area contributed by atoms with E-state index in [1.54, 1.807) is 53.8 Å². The number of ether oxygens (including phenoxy) is 1. The Labute approximate surface area is 174 Å². The molecule has 0 aliphatic carbocycles. The van der Waals surface area contributed by atoms with E-state index in [4.69, 9.17) is 4.74 Å². The second-order valence-electron chi connectivity index (χ2n) is 6.82. The van der Waals surface area contributed by atoms with Crippen LogP contribution >= 0.6 is 0 Å². The van der Waals surface area contributed by atoms with Gasteiger partial charge >= 0.3 is 0 Å². The zero-order valence-electron chi connectivity index (χ0n) is 16.4. The summed E-state index contributed by atoms with van der Waals surface area (Å²) in [6, 6.07) is 19.4. The van der Waals surface area contributed by atoms with E-state index < -0.39 is 6.04 Å². The van der Waals surface area contributed by atoms with Gasteiger partial charge in [0.15, 0.2) is 5.78 Å². The second kappa shape index (κ2) is 8.57. The lowest BCUT2D eigenvalue weighted by Gasteiger charge is -2.20. The molecule has 0 fully saturated rings. The molecular weight excluding hydrogens is 380 g/mol. The molecule has 0 radical (unpaired) electrons. The molecule has 0 spiro atoms. The summed E-state index contributed by atoms with van der Waals surface area (Å²) in [5.74, 6) is 0.952. The highest BCUT2D eigenvalue weighted by atomic mass is 16.5. The standard InChI is InChI=1S/C23H20N4O3/c1-16(28)22-15-21(26-27(22)18-5-3-2-4-6-18)23(29)25-17-7-9-19(10-8-17)30-20-11-13-24-14-12-20/h2-14,22H,15H2,1H3,(H,25,29). The van der Waals surface area contributed by atoms with Crippen molar-refractivity contribution in [3.63, 3.8) is 0 Å². The summed E-state index contributed by atoms with van der Waals surface area (Å²) >= 11 is 0. The number of amides is 1. The molecule has 150 valence electrons. The van der Waals surface area contributed by atoms with Crippen LogP contribution in [0.15, 0.2) is 84.2 Å². The Morgan fingerprint density at radius 2 is 1.63 bits per heavy atom. The summed E-state index contributed by atoms with van der Waals surface area (Å²) in [5, 5.41) is 8.86. The SMILES string of the molecule is CC(=O)C1CC(C(=O)Nc2ccc(Oc3ccncc3)cc2)=NN1c1ccccc1. The van der Waals surface area contributed by atoms with E-state index in [1.807, 2.05) is 30.3 Å². The first-order valence-electron chi connectivity index (χ1n) is 9.51. The summed E-state index contributed by atoms with van der Waals surface area (Å²) in [6.07, 6.45) is 3.57. The van der Waals surface area contributed by atoms with Crippen LogP contribution in [0.2, 0.25) is 0 Å². The molecule has 7 heteroatoms. The fourth-order valence-corrected chi connectivity index (χ4v) is 3.13. The van der Waals surface area contributed by atoms with Crippen molar-refractivity contribution >= 4 is 28.8 Å². The van der Waals surface area contributed by atoms with Gasteiger partial charge in [0.05, 0.1) is 5.69 Å². The van der Waals surface area contributed by atoms with Crippen LogP contribution in [-0.2, 0) is 9.59 Å². The summed E-state index contributed by atoms with van der Waals surface area (Å²) in [4.78, 5) is 28.7. The average molecular weight is 400 g/mol. The van der Waals surface area contributed by atoms with E-state index in [0.717, 1.165) is 5.69 Å². The lowest BCUT2D eigenvalue weighted by Crippen LogP contribution is -2.33. The lowest BCUT2D eigenvalue weighted by molar-refractivity contribution is -0.118. The quantitative estimate of drug-likeness (QED) is 0.675. The number of hydrazone groups is 1. The number of carbonyl (C=O) groups excluding carboxylic acids is 2. The molecule has 30 heavy (non-hydrogen) atoms. The molecular formula is C23H20N4O3. The maximum atomic E-state index is 12.7. The Bertz CT molecular complexity index is 1070. The molecule has 0 saturated carbocycles. The average Bonchev–Trinajstić information content (AvgIpc) is 3.23. The number of benzene rings is 2. The molecule has 1 N–H and O–H groups in total. The van der Waals surface area contributed by atoms with Crippen molar-refractivity contribution in [2.45, 2.75) is 19.4 Å². The Kier molecular flexibility index (Phi) is 5.52. The number of pyridine rings is 1. The third-order valence-corrected chi connectivity index (χ3v) is 4.66. The Balaban J connectivity index is 1.45. The van der Waals surface area contributed by atoms with Gasteiger partial charge in [-0.2, -0.15) is 5.10 Å². The number of rotatable bonds is 6. The van der Waals surface area contributed by atoms with Crippen LogP contribution in [-0.4, -0.2) is 28.4 Å². The molecule has 4 rings (SSSR count). The molecule has 2 aromatic carbocycles. The van der Waals surface area contributed by atoms with Gasteiger partial charge in [-0.25, -0.2) is 0 Å². The number of hydrogen-bond acceptors (Lipinski definition) is 6. The molecule has 7 nitrogen and oxygen atoms in total. The number of ketones is 1. The number of nitrogens with one attached hydrogen (secondary N) is 1. The lowest BCUT2D eigenvalue weighted by atomic mass is 10.1. The van der Waals surface area contributed by atoms with Crippen LogP contribution in [0.4, 0.5) is 11.4 Å². The summed E-state index contributed by atoms with van der Waals surface area (Å²) in [5.41, 5.74) is 1.71. The molecule has 2 heterocycles. The number of Topliss-reactive ketones (excluding diaryl/α,β-unsaturated/α-hetero) is 1. The number of anilines is 2. The van der Waals surface area contributed by atoms with E-state index in [9.17, 15) is 9.59 Å². The van der Waals surface area contributed by atoms with E-state index in [-0.39, 0.29) is 18.1 Å². The van der Waals surface area contributed by atoms with E-state index >= 15 is 0 Å². The van der Waals surface area contributed by atoms with E-state index in [0.29, 0.717) is 22.9 Å². The molecule has 1 amide bonds. The van der Waals surface area contributed by atoms with Crippen molar-refractivity contribution in [2.24, 2.45) is 5.10 Å². The van der Waals surface area contributed by atoms with Gasteiger partial charge in [0.1, 0.15) is 23.3 Å². The Hall–Kier alpha value is -4.00. The first-order chi connectivity index (χ1) is 14.6. The van der Waals surface area contributed by atoms with Crippen molar-refractivity contribution in [3.8, 4) is 11.5 Å². The van der Waals surface area contributed by atoms with E-state index in [1.165, 1.54) is 6.92 Å². The number of para-hydroxylation sites is 1. The maximum Gasteiger partial charge on any atom is 0.271 e. The Morgan fingerprint density at radius 3 is 2.30 bits per heavy atom. The van der Waals surface area contributed by atoms with Gasteiger partial charge in [0, 0.05) is 24.5 Å². The van der Waals surface area contributed by atoms with Crippen LogP contribution in [0.1, 0.15) is 13.3 Å². The molecule has 0 bridgehead atoms. The zero-order valence-corrected chi connectivity index (χ0v) is 16.4. The normalized spacial score (nSPS) is 15.4. The molecule has 3 aromatic rings. The van der Waals surface area contributed by atoms with Crippen molar-refractivity contribution in [1.82, 2.24) is 4.98 Å². The summed E-state index contributed by atoms with van der Waals surface area (Å²) in [7, 11) is 0. The van der Waals surface area contributed by atoms with Gasteiger partial charge in [-0.1, -0.05) is 18.2 Å². The third kappa shape index (κ3) is 4.35. The first kappa shape index (κ1) is 19.3. The van der Waals surface area contributed by atoms with Gasteiger partial charge in [-0.15, -0.1) is 0 Å². The van der Waals surface area contributed by atoms with Crippen LogP contribution in [0.5, 0.6) is 11.5 Å². The van der Waals surface area contributed by atoms with Gasteiger partial charge in [0.25, 0.3) is 5.91 Å². The third-order valence-electron chi connectivity index (χ3n) is 4.66. The van der Waals surface area contributed by atoms with Crippen molar-refractivity contribution in [3.05, 3.63) is 79.1 Å². The second-order valence-corrected chi connectivity index (χ2v) is 6.82. The molecule has 1 aliphatic heterocycles. The highest BCUT2D eigenvalue weighted by molar-refractivity contribution is 6.44. The van der Waals surface area contributed by atoms with Gasteiger partial charge < -0.3 is 10.1 Å². The minimum atomic E-state index is -0.482. The first-order valence-corrected chi connectivity index (χ1v) is 9.51. The smallest absolute Gasteiger partial charge is 0.271 e.